The Morgan fingerprint density at radius 2 is 0.978 bits per heavy atom. The van der Waals surface area contributed by atoms with Gasteiger partial charge < -0.3 is 30.0 Å². The van der Waals surface area contributed by atoms with Crippen LogP contribution in [0.3, 0.4) is 0 Å². The van der Waals surface area contributed by atoms with E-state index in [-0.39, 0.29) is 29.4 Å². The first-order valence-corrected chi connectivity index (χ1v) is 32.1. The number of hydrogen-bond acceptors (Lipinski definition) is 7. The molecule has 5 fully saturated rings. The molecule has 0 bridgehead atoms. The maximum absolute atomic E-state index is 12.0. The van der Waals surface area contributed by atoms with Gasteiger partial charge in [-0.05, 0) is 154 Å². The van der Waals surface area contributed by atoms with Crippen LogP contribution in [-0.4, -0.2) is 133 Å². The number of rotatable bonds is 3. The van der Waals surface area contributed by atoms with Gasteiger partial charge in [-0.25, -0.2) is 0 Å². The molecule has 5 saturated heterocycles. The van der Waals surface area contributed by atoms with Crippen molar-refractivity contribution in [2.75, 3.05) is 91.5 Å². The van der Waals surface area contributed by atoms with Crippen molar-refractivity contribution in [3.63, 3.8) is 0 Å². The Balaban J connectivity index is 0. The monoisotopic (exact) mass is 1160 g/mol. The van der Waals surface area contributed by atoms with E-state index in [0.29, 0.717) is 11.8 Å². The first kappa shape index (κ1) is 50.4. The van der Waals surface area contributed by atoms with Crippen LogP contribution in [0, 0.1) is 17.8 Å². The van der Waals surface area contributed by atoms with E-state index in [2.05, 4.69) is 122 Å². The summed E-state index contributed by atoms with van der Waals surface area (Å²) in [6, 6.07) is 0. The first-order chi connectivity index (χ1) is 21.4. The quantitative estimate of drug-likeness (QED) is 0.175. The summed E-state index contributed by atoms with van der Waals surface area (Å²) in [4.78, 5) is 43.6. The second kappa shape index (κ2) is 31.9. The van der Waals surface area contributed by atoms with Gasteiger partial charge in [-0.15, -0.1) is 0 Å². The molecule has 0 aliphatic carbocycles. The van der Waals surface area contributed by atoms with Gasteiger partial charge in [0.15, 0.2) is 0 Å². The van der Waals surface area contributed by atoms with Crippen LogP contribution in [0.2, 0.25) is 0 Å². The molecule has 0 atom stereocenters. The number of carboxylic acid groups (broad SMARTS) is 1. The molecule has 0 aromatic rings. The molecule has 46 heavy (non-hydrogen) atoms. The molecule has 5 aliphatic heterocycles. The van der Waals surface area contributed by atoms with Crippen LogP contribution in [0.4, 0.5) is 0 Å². The van der Waals surface area contributed by atoms with Crippen molar-refractivity contribution < 1.29 is 24.4 Å². The van der Waals surface area contributed by atoms with Crippen molar-refractivity contribution in [1.29, 1.82) is 0 Å². The predicted molar refractivity (Wildman–Crippen MR) is 226 cm³/mol. The Morgan fingerprint density at radius 1 is 0.652 bits per heavy atom. The summed E-state index contributed by atoms with van der Waals surface area (Å²) in [5.41, 5.74) is 0. The fourth-order valence-corrected chi connectivity index (χ4v) is 5.79. The summed E-state index contributed by atoms with van der Waals surface area (Å²) >= 11 is 14.9. The summed E-state index contributed by atoms with van der Waals surface area (Å²) < 4.78 is 0. The molecule has 2 N–H and O–H groups in total. The van der Waals surface area contributed by atoms with E-state index in [1.807, 2.05) is 12.0 Å². The molecular weight excluding hydrogens is 1100 g/mol. The number of nitrogens with one attached hydrogen (secondary N) is 1. The van der Waals surface area contributed by atoms with Gasteiger partial charge in [0.1, 0.15) is 0 Å². The third kappa shape index (κ3) is 26.1. The molecule has 0 unspecified atom stereocenters. The van der Waals surface area contributed by atoms with Crippen LogP contribution in [-0.2, 0) is 19.3 Å². The number of carbonyl (C=O) groups is 3. The molecule has 9 nitrogen and oxygen atoms in total. The van der Waals surface area contributed by atoms with Crippen LogP contribution in [0.15, 0.2) is 0 Å². The van der Waals surface area contributed by atoms with Gasteiger partial charge in [0.2, 0.25) is 11.1 Å². The average molecular weight is 1160 g/mol. The van der Waals surface area contributed by atoms with E-state index in [4.69, 9.17) is 16.7 Å². The second-order valence-corrected chi connectivity index (χ2v) is 47.8. The zero-order valence-corrected chi connectivity index (χ0v) is 38.5. The standard InChI is InChI=1S/C11H20N2O.C7H12ClNO.C7H13NO2.C4H9N.CH3I.CH4.3HI.V/c1-12-8-4-10(5-9-12)11(14)13-6-2-3-7-13;1-9-4-2-6(3-5-9)7(8)10;1-8-4-2-6(3-5-8)7(9)10;1-2-4-5-3-1;1-2;;;;;/h10H,2-9H2,1H3;6H,2-5H2,1H3;6H,2-5H2,1H3,(H,9,10);5H,1-4H2;1H3;1H4;3*1H;/q;;;;;;;;;+3/p-3. The van der Waals surface area contributed by atoms with Gasteiger partial charge in [0.05, 0.1) is 5.92 Å². The summed E-state index contributed by atoms with van der Waals surface area (Å²) in [5, 5.41) is 11.7. The second-order valence-electron chi connectivity index (χ2n) is 12.1. The molecule has 5 aliphatic rings. The number of aliphatic carboxylic acids is 1. The Kier molecular flexibility index (Phi) is 35.0. The van der Waals surface area contributed by atoms with E-state index in [9.17, 15) is 14.4 Å². The molecule has 0 saturated carbocycles. The number of alkyl halides is 1. The topological polar surface area (TPSA) is 96.4 Å². The third-order valence-corrected chi connectivity index (χ3v) is 8.86. The normalized spacial score (nSPS) is 21.3. The van der Waals surface area contributed by atoms with Gasteiger partial charge in [0, 0.05) is 24.9 Å². The SMILES string of the molecule is C.C1CCNC1.CI.CN1CCC(C(=O)Cl)CC1.CN1CCC(C(=O)N2CCCC2)CC1.CN1CCC(C(=O)O)CC1.[I][V]([I])[I]. The van der Waals surface area contributed by atoms with Crippen molar-refractivity contribution in [3.05, 3.63) is 0 Å². The molecule has 0 spiro atoms. The van der Waals surface area contributed by atoms with Crippen LogP contribution < -0.4 is 5.32 Å². The molecule has 0 aromatic carbocycles. The summed E-state index contributed by atoms with van der Waals surface area (Å²) in [6.45, 7) is 10.5. The number of carbonyl (C=O) groups excluding carboxylic acids is 2. The number of nitrogens with zero attached hydrogens (tertiary/aromatic N) is 4. The number of piperidine rings is 3. The molecule has 274 valence electrons. The Hall–Kier alpha value is 2.24. The predicted octanol–water partition coefficient (Wildman–Crippen LogP) is 7.17. The van der Waals surface area contributed by atoms with Crippen LogP contribution >= 0.6 is 94.1 Å². The van der Waals surface area contributed by atoms with Gasteiger partial charge in [-0.3, -0.25) is 14.4 Å². The van der Waals surface area contributed by atoms with Crippen LogP contribution in [0.1, 0.15) is 71.6 Å². The van der Waals surface area contributed by atoms with Gasteiger partial charge in [-0.2, -0.15) is 0 Å². The van der Waals surface area contributed by atoms with Crippen molar-refractivity contribution in [3.8, 4) is 0 Å². The zero-order chi connectivity index (χ0) is 34.2. The van der Waals surface area contributed by atoms with Gasteiger partial charge in [0.25, 0.3) is 0 Å². The fourth-order valence-electron chi connectivity index (χ4n) is 5.57. The molecule has 15 heteroatoms. The minimum atomic E-state index is -0.631. The van der Waals surface area contributed by atoms with Crippen molar-refractivity contribution >= 4 is 111 Å². The van der Waals surface area contributed by atoms with Crippen molar-refractivity contribution in [2.45, 2.75) is 71.6 Å². The zero-order valence-electron chi connectivity index (χ0n) is 27.7. The van der Waals surface area contributed by atoms with Crippen molar-refractivity contribution in [1.82, 2.24) is 24.9 Å². The Labute approximate surface area is 337 Å². The first-order valence-electron chi connectivity index (χ1n) is 16.0. The molecule has 5 heterocycles. The van der Waals surface area contributed by atoms with E-state index in [1.165, 1.54) is 38.8 Å². The number of amides is 1. The van der Waals surface area contributed by atoms with Crippen molar-refractivity contribution in [2.24, 2.45) is 17.8 Å². The number of likely N-dealkylation sites (tertiary alicyclic amines) is 4. The van der Waals surface area contributed by atoms with Gasteiger partial charge >= 0.3 is 70.8 Å². The fraction of sp³-hybridized carbons (Fsp3) is 0.903. The Morgan fingerprint density at radius 3 is 1.26 bits per heavy atom. The molecular formula is C31H61ClI4N5O4V. The van der Waals surface area contributed by atoms with Crippen LogP contribution in [0.5, 0.6) is 0 Å². The molecule has 5 rings (SSSR count). The number of halogens is 5. The summed E-state index contributed by atoms with van der Waals surface area (Å²) in [7, 11) is 6.23. The maximum atomic E-state index is 12.0. The molecule has 0 aromatic heterocycles. The summed E-state index contributed by atoms with van der Waals surface area (Å²) in [5.74, 6) is 0.155. The van der Waals surface area contributed by atoms with Gasteiger partial charge in [-0.1, -0.05) is 30.0 Å². The number of carboxylic acids is 1. The summed E-state index contributed by atoms with van der Waals surface area (Å²) in [6.07, 6.45) is 10.8. The minimum absolute atomic E-state index is 0. The van der Waals surface area contributed by atoms with E-state index < -0.39 is 5.97 Å². The number of hydrogen-bond donors (Lipinski definition) is 2. The molecule has 1 amide bonds. The average Bonchev–Trinajstić information content (AvgIpc) is 3.77. The van der Waals surface area contributed by atoms with E-state index in [0.717, 1.165) is 90.9 Å². The van der Waals surface area contributed by atoms with Crippen LogP contribution in [0.25, 0.3) is 0 Å². The third-order valence-electron chi connectivity index (χ3n) is 8.55. The molecule has 0 radical (unpaired) electrons. The van der Waals surface area contributed by atoms with E-state index in [1.54, 1.807) is 0 Å². The van der Waals surface area contributed by atoms with E-state index >= 15 is 0 Å². The Bertz CT molecular complexity index is 736.